The van der Waals surface area contributed by atoms with E-state index in [0.717, 1.165) is 30.6 Å². The molecule has 1 aromatic carbocycles. The zero-order valence-corrected chi connectivity index (χ0v) is 9.91. The van der Waals surface area contributed by atoms with E-state index < -0.39 is 0 Å². The number of aryl methyl sites for hydroxylation is 1. The Hall–Kier alpha value is -1.78. The molecule has 0 aliphatic heterocycles. The Morgan fingerprint density at radius 2 is 2.24 bits per heavy atom. The molecule has 0 unspecified atom stereocenters. The molecule has 0 bridgehead atoms. The standard InChI is InChI=1S/C12H18FN3O/c1-9-5-6-10(13)8-11(9)15-7-3-2-4-12(14)16-17/h5-6,8,15,17H,2-4,7H2,1H3,(H2,14,16). The number of rotatable bonds is 6. The lowest BCUT2D eigenvalue weighted by atomic mass is 10.2. The van der Waals surface area contributed by atoms with Crippen molar-refractivity contribution >= 4 is 11.5 Å². The fourth-order valence-corrected chi connectivity index (χ4v) is 1.49. The molecule has 0 aliphatic carbocycles. The van der Waals surface area contributed by atoms with Gasteiger partial charge < -0.3 is 16.3 Å². The number of amidine groups is 1. The maximum absolute atomic E-state index is 13.0. The average Bonchev–Trinajstić information content (AvgIpc) is 2.32. The van der Waals surface area contributed by atoms with Gasteiger partial charge in [-0.25, -0.2) is 4.39 Å². The van der Waals surface area contributed by atoms with Crippen LogP contribution in [0, 0.1) is 12.7 Å². The number of hydrogen-bond donors (Lipinski definition) is 3. The van der Waals surface area contributed by atoms with E-state index in [4.69, 9.17) is 10.9 Å². The summed E-state index contributed by atoms with van der Waals surface area (Å²) >= 11 is 0. The summed E-state index contributed by atoms with van der Waals surface area (Å²) in [5, 5.41) is 14.4. The molecule has 4 N–H and O–H groups in total. The van der Waals surface area contributed by atoms with Crippen LogP contribution in [0.4, 0.5) is 10.1 Å². The first kappa shape index (κ1) is 13.3. The summed E-state index contributed by atoms with van der Waals surface area (Å²) in [4.78, 5) is 0. The van der Waals surface area contributed by atoms with Crippen molar-refractivity contribution in [2.24, 2.45) is 10.9 Å². The van der Waals surface area contributed by atoms with Gasteiger partial charge in [0.25, 0.3) is 0 Å². The maximum atomic E-state index is 13.0. The topological polar surface area (TPSA) is 70.6 Å². The molecule has 5 heteroatoms. The largest absolute Gasteiger partial charge is 0.409 e. The number of hydrogen-bond acceptors (Lipinski definition) is 3. The summed E-state index contributed by atoms with van der Waals surface area (Å²) in [5.74, 6) is 0.00157. The molecule has 0 radical (unpaired) electrons. The Bertz CT molecular complexity index is 393. The van der Waals surface area contributed by atoms with Crippen molar-refractivity contribution in [1.29, 1.82) is 0 Å². The van der Waals surface area contributed by atoms with Gasteiger partial charge in [-0.15, -0.1) is 0 Å². The monoisotopic (exact) mass is 239 g/mol. The van der Waals surface area contributed by atoms with Gasteiger partial charge in [-0.2, -0.15) is 0 Å². The van der Waals surface area contributed by atoms with Crippen LogP contribution in [0.3, 0.4) is 0 Å². The first-order valence-electron chi connectivity index (χ1n) is 5.60. The van der Waals surface area contributed by atoms with E-state index in [1.165, 1.54) is 12.1 Å². The number of anilines is 1. The third-order valence-electron chi connectivity index (χ3n) is 2.50. The normalized spacial score (nSPS) is 11.5. The summed E-state index contributed by atoms with van der Waals surface area (Å²) in [7, 11) is 0. The maximum Gasteiger partial charge on any atom is 0.139 e. The van der Waals surface area contributed by atoms with Crippen molar-refractivity contribution in [1.82, 2.24) is 0 Å². The van der Waals surface area contributed by atoms with E-state index in [1.807, 2.05) is 6.92 Å². The Morgan fingerprint density at radius 3 is 2.94 bits per heavy atom. The van der Waals surface area contributed by atoms with Crippen LogP contribution in [0.15, 0.2) is 23.4 Å². The number of benzene rings is 1. The van der Waals surface area contributed by atoms with Crippen LogP contribution in [-0.4, -0.2) is 17.6 Å². The lowest BCUT2D eigenvalue weighted by molar-refractivity contribution is 0.316. The lowest BCUT2D eigenvalue weighted by Crippen LogP contribution is -2.12. The van der Waals surface area contributed by atoms with Gasteiger partial charge in [-0.1, -0.05) is 11.2 Å². The number of nitrogens with one attached hydrogen (secondary N) is 1. The Morgan fingerprint density at radius 1 is 1.47 bits per heavy atom. The molecule has 1 rings (SSSR count). The molecule has 0 spiro atoms. The molecule has 0 saturated carbocycles. The number of nitrogens with zero attached hydrogens (tertiary/aromatic N) is 1. The van der Waals surface area contributed by atoms with Crippen LogP contribution >= 0.6 is 0 Å². The molecule has 94 valence electrons. The van der Waals surface area contributed by atoms with Gasteiger partial charge in [0, 0.05) is 18.7 Å². The van der Waals surface area contributed by atoms with Gasteiger partial charge in [0.1, 0.15) is 11.7 Å². The molecule has 0 fully saturated rings. The SMILES string of the molecule is Cc1ccc(F)cc1NCCCCC(N)=NO. The fraction of sp³-hybridized carbons (Fsp3) is 0.417. The smallest absolute Gasteiger partial charge is 0.139 e. The van der Waals surface area contributed by atoms with Crippen molar-refractivity contribution < 1.29 is 9.60 Å². The Labute approximate surface area is 100 Å². The second-order valence-corrected chi connectivity index (χ2v) is 3.93. The number of halogens is 1. The van der Waals surface area contributed by atoms with Gasteiger partial charge in [-0.3, -0.25) is 0 Å². The van der Waals surface area contributed by atoms with Gasteiger partial charge in [0.15, 0.2) is 0 Å². The number of oxime groups is 1. The highest BCUT2D eigenvalue weighted by atomic mass is 19.1. The zero-order chi connectivity index (χ0) is 12.7. The van der Waals surface area contributed by atoms with Crippen molar-refractivity contribution in [3.8, 4) is 0 Å². The number of nitrogens with two attached hydrogens (primary N) is 1. The van der Waals surface area contributed by atoms with Crippen LogP contribution in [0.25, 0.3) is 0 Å². The van der Waals surface area contributed by atoms with Crippen LogP contribution in [-0.2, 0) is 0 Å². The number of unbranched alkanes of at least 4 members (excludes halogenated alkanes) is 1. The van der Waals surface area contributed by atoms with E-state index >= 15 is 0 Å². The van der Waals surface area contributed by atoms with Gasteiger partial charge in [0.2, 0.25) is 0 Å². The van der Waals surface area contributed by atoms with Crippen molar-refractivity contribution in [3.63, 3.8) is 0 Å². The van der Waals surface area contributed by atoms with E-state index in [0.29, 0.717) is 6.42 Å². The molecule has 4 nitrogen and oxygen atoms in total. The summed E-state index contributed by atoms with van der Waals surface area (Å²) < 4.78 is 13.0. The van der Waals surface area contributed by atoms with Crippen molar-refractivity contribution in [3.05, 3.63) is 29.6 Å². The highest BCUT2D eigenvalue weighted by Gasteiger charge is 1.99. The predicted octanol–water partition coefficient (Wildman–Crippen LogP) is 2.46. The molecule has 0 heterocycles. The second kappa shape index (κ2) is 6.73. The molecule has 17 heavy (non-hydrogen) atoms. The molecule has 0 saturated heterocycles. The minimum Gasteiger partial charge on any atom is -0.409 e. The van der Waals surface area contributed by atoms with Crippen LogP contribution in [0.1, 0.15) is 24.8 Å². The fourth-order valence-electron chi connectivity index (χ4n) is 1.49. The molecular formula is C12H18FN3O. The van der Waals surface area contributed by atoms with Crippen molar-refractivity contribution in [2.75, 3.05) is 11.9 Å². The summed E-state index contributed by atoms with van der Waals surface area (Å²) in [5.41, 5.74) is 7.17. The Balaban J connectivity index is 2.29. The third-order valence-corrected chi connectivity index (χ3v) is 2.50. The van der Waals surface area contributed by atoms with Crippen LogP contribution < -0.4 is 11.1 Å². The van der Waals surface area contributed by atoms with Gasteiger partial charge in [-0.05, 0) is 37.5 Å². The van der Waals surface area contributed by atoms with Gasteiger partial charge >= 0.3 is 0 Å². The van der Waals surface area contributed by atoms with Gasteiger partial charge in [0.05, 0.1) is 0 Å². The zero-order valence-electron chi connectivity index (χ0n) is 9.91. The highest BCUT2D eigenvalue weighted by molar-refractivity contribution is 5.79. The van der Waals surface area contributed by atoms with Crippen molar-refractivity contribution in [2.45, 2.75) is 26.2 Å². The summed E-state index contributed by atoms with van der Waals surface area (Å²) in [6, 6.07) is 4.67. The van der Waals surface area contributed by atoms with E-state index in [9.17, 15) is 4.39 Å². The van der Waals surface area contributed by atoms with E-state index in [1.54, 1.807) is 6.07 Å². The molecule has 0 amide bonds. The molecule has 1 aromatic rings. The molecule has 0 aliphatic rings. The molecule has 0 atom stereocenters. The highest BCUT2D eigenvalue weighted by Crippen LogP contribution is 2.15. The lowest BCUT2D eigenvalue weighted by Gasteiger charge is -2.09. The first-order chi connectivity index (χ1) is 8.13. The third kappa shape index (κ3) is 4.72. The molecule has 0 aromatic heterocycles. The Kier molecular flexibility index (Phi) is 5.26. The minimum atomic E-state index is -0.241. The summed E-state index contributed by atoms with van der Waals surface area (Å²) in [6.45, 7) is 2.67. The predicted molar refractivity (Wildman–Crippen MR) is 66.9 cm³/mol. The summed E-state index contributed by atoms with van der Waals surface area (Å²) in [6.07, 6.45) is 2.28. The van der Waals surface area contributed by atoms with E-state index in [2.05, 4.69) is 10.5 Å². The van der Waals surface area contributed by atoms with Crippen LogP contribution in [0.2, 0.25) is 0 Å². The average molecular weight is 239 g/mol. The van der Waals surface area contributed by atoms with E-state index in [-0.39, 0.29) is 11.7 Å². The second-order valence-electron chi connectivity index (χ2n) is 3.93. The first-order valence-corrected chi connectivity index (χ1v) is 5.60. The quantitative estimate of drug-likeness (QED) is 0.235. The minimum absolute atomic E-state index is 0.241. The van der Waals surface area contributed by atoms with Crippen LogP contribution in [0.5, 0.6) is 0 Å². The molecular weight excluding hydrogens is 221 g/mol.